The smallest absolute Gasteiger partial charge is 0.224 e. The van der Waals surface area contributed by atoms with E-state index in [1.165, 1.54) is 11.1 Å². The minimum absolute atomic E-state index is 0.168. The molecule has 1 aliphatic carbocycles. The fourth-order valence-electron chi connectivity index (χ4n) is 6.08. The molecule has 0 bridgehead atoms. The Morgan fingerprint density at radius 3 is 2.71 bits per heavy atom. The SMILES string of the molecule is O=C1CC(C2CCOC2)Cc2ccncc2CCC1Cc1nc(OCC2CCOC2)c2ccc(Cl)cc2n1. The summed E-state index contributed by atoms with van der Waals surface area (Å²) >= 11 is 6.32. The molecule has 0 spiro atoms. The molecule has 0 amide bonds. The third-order valence-corrected chi connectivity index (χ3v) is 8.61. The number of benzene rings is 1. The van der Waals surface area contributed by atoms with Crippen molar-refractivity contribution in [1.29, 1.82) is 0 Å². The maximum absolute atomic E-state index is 13.8. The third-order valence-electron chi connectivity index (χ3n) is 8.38. The van der Waals surface area contributed by atoms with Crippen LogP contribution in [0.4, 0.5) is 0 Å². The van der Waals surface area contributed by atoms with Crippen molar-refractivity contribution in [3.05, 3.63) is 58.6 Å². The molecule has 2 saturated heterocycles. The molecule has 1 aromatic carbocycles. The lowest BCUT2D eigenvalue weighted by molar-refractivity contribution is -0.124. The summed E-state index contributed by atoms with van der Waals surface area (Å²) in [5, 5.41) is 1.45. The standard InChI is InChI=1S/C30H34ClN3O4/c31-25-3-4-26-27(14-25)33-29(34-30(26)38-17-19-6-9-36-16-19)13-21-1-2-22-15-32-8-5-20(22)11-24(12-28(21)35)23-7-10-37-18-23/h3-5,8,14-15,19,21,23-24H,1-2,6-7,9-13,16-18H2. The van der Waals surface area contributed by atoms with E-state index < -0.39 is 0 Å². The summed E-state index contributed by atoms with van der Waals surface area (Å²) in [4.78, 5) is 27.8. The van der Waals surface area contributed by atoms with Crippen molar-refractivity contribution in [3.8, 4) is 5.88 Å². The molecule has 0 N–H and O–H groups in total. The molecule has 4 atom stereocenters. The average Bonchev–Trinajstić information content (AvgIpc) is 3.64. The summed E-state index contributed by atoms with van der Waals surface area (Å²) in [6, 6.07) is 7.71. The second-order valence-electron chi connectivity index (χ2n) is 11.0. The number of carbonyl (C=O) groups excluding carboxylic acids is 1. The Labute approximate surface area is 228 Å². The number of hydrogen-bond acceptors (Lipinski definition) is 7. The number of aromatic nitrogens is 3. The number of ether oxygens (including phenoxy) is 3. The van der Waals surface area contributed by atoms with E-state index in [9.17, 15) is 4.79 Å². The quantitative estimate of drug-likeness (QED) is 0.436. The van der Waals surface area contributed by atoms with Crippen LogP contribution in [0.25, 0.3) is 10.9 Å². The number of rotatable bonds is 6. The third kappa shape index (κ3) is 5.85. The van der Waals surface area contributed by atoms with E-state index in [-0.39, 0.29) is 11.8 Å². The first kappa shape index (κ1) is 25.7. The van der Waals surface area contributed by atoms with Gasteiger partial charge in [0.25, 0.3) is 0 Å². The largest absolute Gasteiger partial charge is 0.477 e. The molecule has 8 heteroatoms. The zero-order valence-electron chi connectivity index (χ0n) is 21.6. The van der Waals surface area contributed by atoms with E-state index in [1.54, 1.807) is 0 Å². The number of pyridine rings is 1. The Morgan fingerprint density at radius 2 is 1.87 bits per heavy atom. The molecule has 3 aromatic rings. The molecule has 38 heavy (non-hydrogen) atoms. The number of aryl methyl sites for hydroxylation is 1. The maximum atomic E-state index is 13.8. The molecule has 2 aliphatic heterocycles. The van der Waals surface area contributed by atoms with Crippen LogP contribution < -0.4 is 4.74 Å². The van der Waals surface area contributed by atoms with Crippen LogP contribution in [0.1, 0.15) is 42.6 Å². The number of carbonyl (C=O) groups is 1. The van der Waals surface area contributed by atoms with Crippen molar-refractivity contribution >= 4 is 28.3 Å². The average molecular weight is 536 g/mol. The fourth-order valence-corrected chi connectivity index (χ4v) is 6.24. The molecule has 200 valence electrons. The zero-order valence-corrected chi connectivity index (χ0v) is 22.4. The number of halogens is 1. The van der Waals surface area contributed by atoms with E-state index in [0.717, 1.165) is 62.8 Å². The molecule has 4 heterocycles. The van der Waals surface area contributed by atoms with Crippen molar-refractivity contribution < 1.29 is 19.0 Å². The predicted octanol–water partition coefficient (Wildman–Crippen LogP) is 5.05. The van der Waals surface area contributed by atoms with Gasteiger partial charge in [0.15, 0.2) is 0 Å². The van der Waals surface area contributed by atoms with Crippen LogP contribution in [0.15, 0.2) is 36.7 Å². The number of hydrogen-bond donors (Lipinski definition) is 0. The van der Waals surface area contributed by atoms with E-state index in [4.69, 9.17) is 35.8 Å². The van der Waals surface area contributed by atoms with Crippen LogP contribution in [0, 0.1) is 23.7 Å². The van der Waals surface area contributed by atoms with Gasteiger partial charge in [0.2, 0.25) is 5.88 Å². The van der Waals surface area contributed by atoms with Gasteiger partial charge >= 0.3 is 0 Å². The molecule has 2 aromatic heterocycles. The van der Waals surface area contributed by atoms with Gasteiger partial charge < -0.3 is 14.2 Å². The maximum Gasteiger partial charge on any atom is 0.224 e. The molecule has 6 rings (SSSR count). The molecule has 0 radical (unpaired) electrons. The van der Waals surface area contributed by atoms with Crippen LogP contribution in [-0.2, 0) is 33.5 Å². The van der Waals surface area contributed by atoms with Crippen molar-refractivity contribution in [2.24, 2.45) is 23.7 Å². The highest BCUT2D eigenvalue weighted by Crippen LogP contribution is 2.34. The summed E-state index contributed by atoms with van der Waals surface area (Å²) < 4.78 is 17.4. The van der Waals surface area contributed by atoms with E-state index in [0.29, 0.717) is 60.4 Å². The monoisotopic (exact) mass is 535 g/mol. The highest BCUT2D eigenvalue weighted by molar-refractivity contribution is 6.31. The van der Waals surface area contributed by atoms with Crippen LogP contribution in [0.5, 0.6) is 5.88 Å². The number of ketones is 1. The first-order valence-corrected chi connectivity index (χ1v) is 14.2. The summed E-state index contributed by atoms with van der Waals surface area (Å²) in [6.45, 7) is 3.55. The fraction of sp³-hybridized carbons (Fsp3) is 0.533. The minimum Gasteiger partial charge on any atom is -0.477 e. The summed E-state index contributed by atoms with van der Waals surface area (Å²) in [5.74, 6) is 2.35. The van der Waals surface area contributed by atoms with Crippen molar-refractivity contribution in [3.63, 3.8) is 0 Å². The normalized spacial score (nSPS) is 26.1. The lowest BCUT2D eigenvalue weighted by Gasteiger charge is -2.23. The van der Waals surface area contributed by atoms with Crippen molar-refractivity contribution in [2.75, 3.05) is 33.0 Å². The zero-order chi connectivity index (χ0) is 25.9. The Bertz CT molecular complexity index is 1290. The molecule has 7 nitrogen and oxygen atoms in total. The highest BCUT2D eigenvalue weighted by atomic mass is 35.5. The Hall–Kier alpha value is -2.61. The van der Waals surface area contributed by atoms with Gasteiger partial charge in [-0.1, -0.05) is 11.6 Å². The first-order chi connectivity index (χ1) is 18.6. The topological polar surface area (TPSA) is 83.4 Å². The molecular weight excluding hydrogens is 502 g/mol. The lowest BCUT2D eigenvalue weighted by Crippen LogP contribution is -2.26. The van der Waals surface area contributed by atoms with Crippen molar-refractivity contribution in [2.45, 2.75) is 44.9 Å². The van der Waals surface area contributed by atoms with Gasteiger partial charge in [0.1, 0.15) is 11.6 Å². The van der Waals surface area contributed by atoms with E-state index >= 15 is 0 Å². The van der Waals surface area contributed by atoms with Crippen LogP contribution in [-0.4, -0.2) is 53.8 Å². The van der Waals surface area contributed by atoms with E-state index in [2.05, 4.69) is 11.1 Å². The van der Waals surface area contributed by atoms with E-state index in [1.807, 2.05) is 30.6 Å². The first-order valence-electron chi connectivity index (χ1n) is 13.8. The summed E-state index contributed by atoms with van der Waals surface area (Å²) in [5.41, 5.74) is 3.30. The summed E-state index contributed by atoms with van der Waals surface area (Å²) in [6.07, 6.45) is 9.35. The predicted molar refractivity (Wildman–Crippen MR) is 144 cm³/mol. The number of fused-ring (bicyclic) bond motifs is 2. The molecule has 4 unspecified atom stereocenters. The Balaban J connectivity index is 1.28. The van der Waals surface area contributed by atoms with Crippen molar-refractivity contribution in [1.82, 2.24) is 15.0 Å². The van der Waals surface area contributed by atoms with Gasteiger partial charge in [-0.3, -0.25) is 9.78 Å². The minimum atomic E-state index is -0.168. The van der Waals surface area contributed by atoms with Crippen LogP contribution >= 0.6 is 11.6 Å². The van der Waals surface area contributed by atoms with Gasteiger partial charge in [0, 0.05) is 61.9 Å². The number of nitrogens with zero attached hydrogens (tertiary/aromatic N) is 3. The molecule has 0 saturated carbocycles. The van der Waals surface area contributed by atoms with Gasteiger partial charge in [0.05, 0.1) is 24.1 Å². The van der Waals surface area contributed by atoms with Gasteiger partial charge in [-0.25, -0.2) is 4.98 Å². The van der Waals surface area contributed by atoms with Gasteiger partial charge in [-0.2, -0.15) is 4.98 Å². The Kier molecular flexibility index (Phi) is 7.86. The molecule has 3 aliphatic rings. The molecular formula is C30H34ClN3O4. The summed E-state index contributed by atoms with van der Waals surface area (Å²) in [7, 11) is 0. The number of Topliss-reactive ketones (excluding diaryl/α,β-unsaturated/α-hetero) is 1. The Morgan fingerprint density at radius 1 is 0.974 bits per heavy atom. The second kappa shape index (κ2) is 11.6. The lowest BCUT2D eigenvalue weighted by atomic mass is 9.80. The van der Waals surface area contributed by atoms with Gasteiger partial charge in [-0.15, -0.1) is 0 Å². The van der Waals surface area contributed by atoms with Crippen LogP contribution in [0.3, 0.4) is 0 Å². The highest BCUT2D eigenvalue weighted by Gasteiger charge is 2.32. The van der Waals surface area contributed by atoms with Gasteiger partial charge in [-0.05, 0) is 79.3 Å². The van der Waals surface area contributed by atoms with Crippen LogP contribution in [0.2, 0.25) is 5.02 Å². The molecule has 2 fully saturated rings. The second-order valence-corrected chi connectivity index (χ2v) is 11.4.